The number of ketones is 2. The average molecular weight is 511 g/mol. The number of rotatable bonds is 0. The predicted octanol–water partition coefficient (Wildman–Crippen LogP) is 1.56. The molecule has 5 bridgehead atoms. The summed E-state index contributed by atoms with van der Waals surface area (Å²) in [7, 11) is 0. The molecule has 8 aliphatic rings. The van der Waals surface area contributed by atoms with Crippen LogP contribution in [0.15, 0.2) is 23.8 Å². The zero-order valence-electron chi connectivity index (χ0n) is 21.1. The van der Waals surface area contributed by atoms with Gasteiger partial charge in [0.15, 0.2) is 28.4 Å². The Hall–Kier alpha value is -2.36. The van der Waals surface area contributed by atoms with Crippen LogP contribution in [0.3, 0.4) is 0 Å². The quantitative estimate of drug-likeness (QED) is 0.382. The van der Waals surface area contributed by atoms with E-state index in [1.165, 1.54) is 0 Å². The summed E-state index contributed by atoms with van der Waals surface area (Å²) in [6.07, 6.45) is 6.24. The molecule has 0 aromatic rings. The van der Waals surface area contributed by atoms with E-state index in [0.717, 1.165) is 5.57 Å². The second-order valence-electron chi connectivity index (χ2n) is 13.0. The fourth-order valence-corrected chi connectivity index (χ4v) is 10.0. The van der Waals surface area contributed by atoms with Crippen molar-refractivity contribution >= 4 is 23.5 Å². The van der Waals surface area contributed by atoms with Gasteiger partial charge >= 0.3 is 11.9 Å². The standard InChI is InChI=1S/C28H30O9/c1-23-11-18-25(3)28-19(23)20(30)27(37-28,34-12-16(23)21(31)35-18)15-8-7-13-5-4-6-17(29)24(13,2)14(15)9-10-26(28,33)22(32)36-25/h4,6-7,14-16,18-19,33H,5,8-12H2,1-3H3/t14-,15+,16-,18-,19-,23+,24+,25+,26+,27-,28?/m0/s1. The Labute approximate surface area is 213 Å². The number of esters is 2. The zero-order chi connectivity index (χ0) is 26.0. The van der Waals surface area contributed by atoms with Gasteiger partial charge in [0.2, 0.25) is 5.79 Å². The fourth-order valence-electron chi connectivity index (χ4n) is 10.0. The van der Waals surface area contributed by atoms with Crippen molar-refractivity contribution in [3.8, 4) is 0 Å². The summed E-state index contributed by atoms with van der Waals surface area (Å²) in [6, 6.07) is 0. The maximum Gasteiger partial charge on any atom is 0.342 e. The molecule has 1 unspecified atom stereocenters. The molecule has 8 rings (SSSR count). The first-order valence-corrected chi connectivity index (χ1v) is 13.4. The van der Waals surface area contributed by atoms with Crippen molar-refractivity contribution in [2.24, 2.45) is 34.5 Å². The second-order valence-corrected chi connectivity index (χ2v) is 13.0. The molecule has 1 N–H and O–H groups in total. The maximum absolute atomic E-state index is 14.8. The lowest BCUT2D eigenvalue weighted by molar-refractivity contribution is -0.374. The van der Waals surface area contributed by atoms with E-state index in [1.54, 1.807) is 13.0 Å². The third-order valence-corrected chi connectivity index (χ3v) is 12.0. The van der Waals surface area contributed by atoms with Gasteiger partial charge in [-0.3, -0.25) is 14.4 Å². The number of Topliss-reactive ketones (excluding diaryl/α,β-unsaturated/α-hetero) is 1. The minimum absolute atomic E-state index is 0.0380. The van der Waals surface area contributed by atoms with Gasteiger partial charge in [-0.2, -0.15) is 0 Å². The fraction of sp³-hybridized carbons (Fsp3) is 0.714. The SMILES string of the molecule is C[C@@]12C(=O)C=CCC1=CC[C@@H]1[C@@H]2CC[C@@]2(O)C(=O)O[C@]3(C)[C@@H]4C[C@@]5(C)[C@@H]6C(=O)[C@@]1(OC[C@H]5C(=O)O4)OC623. The van der Waals surface area contributed by atoms with Gasteiger partial charge < -0.3 is 24.1 Å². The van der Waals surface area contributed by atoms with Crippen molar-refractivity contribution in [1.29, 1.82) is 0 Å². The highest BCUT2D eigenvalue weighted by molar-refractivity contribution is 6.01. The summed E-state index contributed by atoms with van der Waals surface area (Å²) in [5, 5.41) is 12.4. The lowest BCUT2D eigenvalue weighted by Gasteiger charge is -2.63. The highest BCUT2D eigenvalue weighted by atomic mass is 16.8. The van der Waals surface area contributed by atoms with E-state index in [0.29, 0.717) is 25.7 Å². The molecule has 5 saturated heterocycles. The molecule has 0 aromatic carbocycles. The molecule has 37 heavy (non-hydrogen) atoms. The molecule has 0 amide bonds. The van der Waals surface area contributed by atoms with Gasteiger partial charge in [-0.05, 0) is 63.4 Å². The molecule has 5 aliphatic heterocycles. The van der Waals surface area contributed by atoms with Gasteiger partial charge in [-0.25, -0.2) is 4.79 Å². The first-order chi connectivity index (χ1) is 17.4. The minimum atomic E-state index is -2.17. The minimum Gasteiger partial charge on any atom is -0.458 e. The van der Waals surface area contributed by atoms with Crippen LogP contribution in [0.1, 0.15) is 52.9 Å². The Morgan fingerprint density at radius 3 is 2.65 bits per heavy atom. The van der Waals surface area contributed by atoms with Crippen molar-refractivity contribution in [3.63, 3.8) is 0 Å². The largest absolute Gasteiger partial charge is 0.458 e. The summed E-state index contributed by atoms with van der Waals surface area (Å²) in [5.41, 5.74) is -6.43. The molecule has 6 fully saturated rings. The number of hydrogen-bond acceptors (Lipinski definition) is 9. The van der Waals surface area contributed by atoms with Crippen LogP contribution in [0.25, 0.3) is 0 Å². The Balaban J connectivity index is 1.43. The lowest BCUT2D eigenvalue weighted by atomic mass is 9.46. The Kier molecular flexibility index (Phi) is 3.73. The van der Waals surface area contributed by atoms with E-state index in [-0.39, 0.29) is 24.6 Å². The molecular formula is C28H30O9. The van der Waals surface area contributed by atoms with Crippen LogP contribution >= 0.6 is 0 Å². The van der Waals surface area contributed by atoms with E-state index < -0.39 is 75.1 Å². The molecule has 11 atom stereocenters. The van der Waals surface area contributed by atoms with Gasteiger partial charge in [0.25, 0.3) is 0 Å². The van der Waals surface area contributed by atoms with Crippen molar-refractivity contribution in [1.82, 2.24) is 0 Å². The number of aliphatic hydroxyl groups is 1. The summed E-state index contributed by atoms with van der Waals surface area (Å²) in [6.45, 7) is 5.29. The number of ether oxygens (including phenoxy) is 4. The van der Waals surface area contributed by atoms with E-state index in [2.05, 4.69) is 0 Å². The van der Waals surface area contributed by atoms with Crippen LogP contribution in [0.2, 0.25) is 0 Å². The summed E-state index contributed by atoms with van der Waals surface area (Å²) >= 11 is 0. The van der Waals surface area contributed by atoms with Crippen molar-refractivity contribution < 1.29 is 43.2 Å². The molecule has 1 saturated carbocycles. The Bertz CT molecular complexity index is 1300. The van der Waals surface area contributed by atoms with Gasteiger partial charge in [0, 0.05) is 5.92 Å². The smallest absolute Gasteiger partial charge is 0.342 e. The summed E-state index contributed by atoms with van der Waals surface area (Å²) in [4.78, 5) is 55.2. The van der Waals surface area contributed by atoms with Crippen molar-refractivity contribution in [2.75, 3.05) is 6.61 Å². The van der Waals surface area contributed by atoms with E-state index >= 15 is 0 Å². The number of carbonyl (C=O) groups excluding carboxylic acids is 4. The van der Waals surface area contributed by atoms with Crippen LogP contribution in [-0.4, -0.2) is 63.9 Å². The zero-order valence-corrected chi connectivity index (χ0v) is 21.1. The number of fused-ring (bicyclic) bond motifs is 5. The monoisotopic (exact) mass is 510 g/mol. The first-order valence-electron chi connectivity index (χ1n) is 13.4. The van der Waals surface area contributed by atoms with Gasteiger partial charge in [-0.1, -0.05) is 24.6 Å². The second kappa shape index (κ2) is 6.10. The number of allylic oxidation sites excluding steroid dienone is 4. The molecule has 0 radical (unpaired) electrons. The molecule has 0 aromatic heterocycles. The topological polar surface area (TPSA) is 125 Å². The van der Waals surface area contributed by atoms with Crippen LogP contribution < -0.4 is 0 Å². The molecule has 3 aliphatic carbocycles. The van der Waals surface area contributed by atoms with E-state index in [1.807, 2.05) is 26.0 Å². The number of hydrogen-bond donors (Lipinski definition) is 1. The van der Waals surface area contributed by atoms with Crippen LogP contribution in [-0.2, 0) is 38.1 Å². The molecule has 2 spiro atoms. The van der Waals surface area contributed by atoms with Gasteiger partial charge in [-0.15, -0.1) is 0 Å². The van der Waals surface area contributed by atoms with E-state index in [9.17, 15) is 24.3 Å². The van der Waals surface area contributed by atoms with Gasteiger partial charge in [0.05, 0.1) is 23.9 Å². The normalized spacial score (nSPS) is 58.5. The molecule has 9 nitrogen and oxygen atoms in total. The number of carbonyl (C=O) groups is 4. The maximum atomic E-state index is 14.8. The van der Waals surface area contributed by atoms with E-state index in [4.69, 9.17) is 18.9 Å². The van der Waals surface area contributed by atoms with Crippen molar-refractivity contribution in [3.05, 3.63) is 23.8 Å². The molecular weight excluding hydrogens is 480 g/mol. The lowest BCUT2D eigenvalue weighted by Crippen LogP contribution is -2.79. The highest BCUT2D eigenvalue weighted by Gasteiger charge is 2.93. The van der Waals surface area contributed by atoms with Crippen LogP contribution in [0.4, 0.5) is 0 Å². The molecule has 196 valence electrons. The summed E-state index contributed by atoms with van der Waals surface area (Å²) in [5.74, 6) is -6.36. The van der Waals surface area contributed by atoms with Gasteiger partial charge in [0.1, 0.15) is 6.10 Å². The summed E-state index contributed by atoms with van der Waals surface area (Å²) < 4.78 is 25.1. The Morgan fingerprint density at radius 2 is 1.86 bits per heavy atom. The van der Waals surface area contributed by atoms with Crippen molar-refractivity contribution in [2.45, 2.75) is 81.6 Å². The van der Waals surface area contributed by atoms with Crippen LogP contribution in [0.5, 0.6) is 0 Å². The third-order valence-electron chi connectivity index (χ3n) is 12.0. The average Bonchev–Trinajstić information content (AvgIpc) is 3.16. The van der Waals surface area contributed by atoms with Crippen LogP contribution in [0, 0.1) is 34.5 Å². The molecule has 9 heteroatoms. The first kappa shape index (κ1) is 22.6. The highest BCUT2D eigenvalue weighted by Crippen LogP contribution is 2.75. The predicted molar refractivity (Wildman–Crippen MR) is 122 cm³/mol. The Morgan fingerprint density at radius 1 is 1.08 bits per heavy atom. The molecule has 5 heterocycles. The third kappa shape index (κ3) is 1.97.